The normalized spacial score (nSPS) is 11.8. The van der Waals surface area contributed by atoms with Crippen molar-refractivity contribution in [1.82, 2.24) is 0 Å². The molecule has 0 saturated heterocycles. The van der Waals surface area contributed by atoms with Gasteiger partial charge in [-0.25, -0.2) is 0 Å². The zero-order valence-corrected chi connectivity index (χ0v) is 12.7. The summed E-state index contributed by atoms with van der Waals surface area (Å²) in [5.74, 6) is 0. The van der Waals surface area contributed by atoms with Crippen molar-refractivity contribution in [3.05, 3.63) is 51.3 Å². The lowest BCUT2D eigenvalue weighted by Crippen LogP contribution is -2.01. The van der Waals surface area contributed by atoms with Crippen LogP contribution in [0.25, 0.3) is 16.5 Å². The van der Waals surface area contributed by atoms with Crippen LogP contribution in [0, 0.1) is 0 Å². The van der Waals surface area contributed by atoms with Gasteiger partial charge in [-0.1, -0.05) is 46.6 Å². The second-order valence-electron chi connectivity index (χ2n) is 4.04. The highest BCUT2D eigenvalue weighted by atomic mass is 79.9. The van der Waals surface area contributed by atoms with Gasteiger partial charge in [-0.2, -0.15) is 0 Å². The maximum atomic E-state index is 5.70. The predicted octanol–water partition coefficient (Wildman–Crippen LogP) is 4.93. The topological polar surface area (TPSA) is 26.0 Å². The van der Waals surface area contributed by atoms with Crippen LogP contribution >= 0.6 is 27.3 Å². The number of benzene rings is 1. The van der Waals surface area contributed by atoms with Gasteiger partial charge >= 0.3 is 0 Å². The van der Waals surface area contributed by atoms with Gasteiger partial charge < -0.3 is 5.73 Å². The molecule has 0 amide bonds. The van der Waals surface area contributed by atoms with Crippen LogP contribution in [0.3, 0.4) is 0 Å². The maximum absolute atomic E-state index is 5.70. The molecule has 1 aromatic carbocycles. The number of thiophene rings is 1. The highest BCUT2D eigenvalue weighted by molar-refractivity contribution is 9.10. The summed E-state index contributed by atoms with van der Waals surface area (Å²) in [6.45, 7) is 2.78. The Kier molecular flexibility index (Phi) is 4.75. The van der Waals surface area contributed by atoms with Gasteiger partial charge in [0.25, 0.3) is 0 Å². The van der Waals surface area contributed by atoms with Crippen LogP contribution in [0.15, 0.2) is 46.4 Å². The van der Waals surface area contributed by atoms with E-state index in [1.54, 1.807) is 11.3 Å². The minimum Gasteiger partial charge on any atom is -0.327 e. The first-order valence-corrected chi connectivity index (χ1v) is 7.59. The molecular formula is C15H16BrNS. The fourth-order valence-corrected chi connectivity index (χ4v) is 3.41. The Bertz CT molecular complexity index is 551. The van der Waals surface area contributed by atoms with E-state index in [2.05, 4.69) is 59.3 Å². The van der Waals surface area contributed by atoms with Crippen LogP contribution in [0.2, 0.25) is 0 Å². The molecule has 0 aliphatic heterocycles. The summed E-state index contributed by atoms with van der Waals surface area (Å²) in [5.41, 5.74) is 8.23. The van der Waals surface area contributed by atoms with E-state index in [1.165, 1.54) is 20.9 Å². The van der Waals surface area contributed by atoms with Crippen molar-refractivity contribution in [3.63, 3.8) is 0 Å². The van der Waals surface area contributed by atoms with Crippen molar-refractivity contribution < 1.29 is 0 Å². The Morgan fingerprint density at radius 2 is 2.06 bits per heavy atom. The number of rotatable bonds is 4. The van der Waals surface area contributed by atoms with Gasteiger partial charge in [-0.05, 0) is 30.7 Å². The van der Waals surface area contributed by atoms with E-state index in [0.717, 1.165) is 10.9 Å². The summed E-state index contributed by atoms with van der Waals surface area (Å²) >= 11 is 5.39. The molecule has 2 N–H and O–H groups in total. The van der Waals surface area contributed by atoms with Crippen molar-refractivity contribution in [2.45, 2.75) is 13.3 Å². The Morgan fingerprint density at radius 3 is 2.72 bits per heavy atom. The molecule has 1 nitrogen and oxygen atoms in total. The highest BCUT2D eigenvalue weighted by Gasteiger charge is 2.05. The Balaban J connectivity index is 2.32. The quantitative estimate of drug-likeness (QED) is 0.848. The van der Waals surface area contributed by atoms with Gasteiger partial charge in [0.1, 0.15) is 0 Å². The van der Waals surface area contributed by atoms with E-state index in [9.17, 15) is 0 Å². The van der Waals surface area contributed by atoms with Crippen molar-refractivity contribution in [2.75, 3.05) is 6.54 Å². The van der Waals surface area contributed by atoms with Crippen LogP contribution in [0.5, 0.6) is 0 Å². The summed E-state index contributed by atoms with van der Waals surface area (Å²) in [7, 11) is 0. The second kappa shape index (κ2) is 6.32. The van der Waals surface area contributed by atoms with Crippen molar-refractivity contribution in [3.8, 4) is 10.4 Å². The van der Waals surface area contributed by atoms with E-state index < -0.39 is 0 Å². The smallest absolute Gasteiger partial charge is 0.0360 e. The zero-order chi connectivity index (χ0) is 13.0. The highest BCUT2D eigenvalue weighted by Crippen LogP contribution is 2.34. The molecule has 0 aliphatic rings. The lowest BCUT2D eigenvalue weighted by atomic mass is 10.2. The Labute approximate surface area is 120 Å². The standard InChI is InChI=1S/C15H16BrNS/c1-2-11(10-17)9-12-7-8-15(18-12)13-5-3-4-6-14(13)16/h3-9H,2,10,17H2,1H3. The molecule has 2 aromatic rings. The fourth-order valence-electron chi connectivity index (χ4n) is 1.74. The first-order chi connectivity index (χ1) is 8.74. The molecule has 94 valence electrons. The number of halogens is 1. The molecule has 0 unspecified atom stereocenters. The molecule has 0 saturated carbocycles. The third-order valence-electron chi connectivity index (χ3n) is 2.83. The molecule has 2 rings (SSSR count). The summed E-state index contributed by atoms with van der Waals surface area (Å²) in [6, 6.07) is 12.6. The maximum Gasteiger partial charge on any atom is 0.0360 e. The van der Waals surface area contributed by atoms with Crippen LogP contribution < -0.4 is 5.73 Å². The number of nitrogens with two attached hydrogens (primary N) is 1. The molecule has 0 aliphatic carbocycles. The molecule has 0 radical (unpaired) electrons. The minimum absolute atomic E-state index is 0.638. The summed E-state index contributed by atoms with van der Waals surface area (Å²) in [6.07, 6.45) is 3.21. The van der Waals surface area contributed by atoms with Gasteiger partial charge in [0.2, 0.25) is 0 Å². The first-order valence-electron chi connectivity index (χ1n) is 5.99. The Morgan fingerprint density at radius 1 is 1.28 bits per heavy atom. The molecule has 1 heterocycles. The molecule has 0 bridgehead atoms. The van der Waals surface area contributed by atoms with Crippen LogP contribution in [-0.4, -0.2) is 6.54 Å². The molecule has 0 atom stereocenters. The van der Waals surface area contributed by atoms with Crippen LogP contribution in [0.1, 0.15) is 18.2 Å². The SMILES string of the molecule is CCC(=Cc1ccc(-c2ccccc2Br)s1)CN. The molecule has 3 heteroatoms. The van der Waals surface area contributed by atoms with Gasteiger partial charge in [-0.3, -0.25) is 0 Å². The third kappa shape index (κ3) is 3.10. The third-order valence-corrected chi connectivity index (χ3v) is 4.59. The van der Waals surface area contributed by atoms with Crippen molar-refractivity contribution in [2.24, 2.45) is 5.73 Å². The summed E-state index contributed by atoms with van der Waals surface area (Å²) in [5, 5.41) is 0. The van der Waals surface area contributed by atoms with E-state index in [4.69, 9.17) is 5.73 Å². The molecule has 0 spiro atoms. The first kappa shape index (κ1) is 13.5. The zero-order valence-electron chi connectivity index (χ0n) is 10.3. The minimum atomic E-state index is 0.638. The summed E-state index contributed by atoms with van der Waals surface area (Å²) < 4.78 is 1.14. The van der Waals surface area contributed by atoms with Crippen LogP contribution in [0.4, 0.5) is 0 Å². The monoisotopic (exact) mass is 321 g/mol. The average molecular weight is 322 g/mol. The number of hydrogen-bond donors (Lipinski definition) is 1. The van der Waals surface area contributed by atoms with Gasteiger partial charge in [0.15, 0.2) is 0 Å². The lowest BCUT2D eigenvalue weighted by Gasteiger charge is -2.00. The molecule has 18 heavy (non-hydrogen) atoms. The van der Waals surface area contributed by atoms with Crippen molar-refractivity contribution in [1.29, 1.82) is 0 Å². The molecule has 0 fully saturated rings. The Hall–Kier alpha value is -0.900. The van der Waals surface area contributed by atoms with E-state index in [-0.39, 0.29) is 0 Å². The fraction of sp³-hybridized carbons (Fsp3) is 0.200. The van der Waals surface area contributed by atoms with Crippen molar-refractivity contribution >= 4 is 33.3 Å². The predicted molar refractivity (Wildman–Crippen MR) is 84.8 cm³/mol. The van der Waals surface area contributed by atoms with E-state index in [0.29, 0.717) is 6.54 Å². The average Bonchev–Trinajstić information content (AvgIpc) is 2.85. The largest absolute Gasteiger partial charge is 0.327 e. The van der Waals surface area contributed by atoms with Crippen LogP contribution in [-0.2, 0) is 0 Å². The van der Waals surface area contributed by atoms with Gasteiger partial charge in [0.05, 0.1) is 0 Å². The van der Waals surface area contributed by atoms with Gasteiger partial charge in [-0.15, -0.1) is 11.3 Å². The van der Waals surface area contributed by atoms with E-state index in [1.807, 2.05) is 6.07 Å². The summed E-state index contributed by atoms with van der Waals surface area (Å²) in [4.78, 5) is 2.55. The molecular weight excluding hydrogens is 306 g/mol. The van der Waals surface area contributed by atoms with E-state index >= 15 is 0 Å². The lowest BCUT2D eigenvalue weighted by molar-refractivity contribution is 1.02. The second-order valence-corrected chi connectivity index (χ2v) is 6.01. The van der Waals surface area contributed by atoms with Gasteiger partial charge in [0, 0.05) is 26.3 Å². The number of hydrogen-bond acceptors (Lipinski definition) is 2. The molecule has 1 aromatic heterocycles.